The van der Waals surface area contributed by atoms with Gasteiger partial charge in [0.05, 0.1) is 6.61 Å². The Hall–Kier alpha value is -0.860. The van der Waals surface area contributed by atoms with Crippen molar-refractivity contribution in [2.75, 3.05) is 20.7 Å². The van der Waals surface area contributed by atoms with E-state index in [9.17, 15) is 5.11 Å². The minimum Gasteiger partial charge on any atom is -0.396 e. The molecule has 1 N–H and O–H groups in total. The van der Waals surface area contributed by atoms with Gasteiger partial charge in [-0.25, -0.2) is 0 Å². The van der Waals surface area contributed by atoms with Crippen LogP contribution in [0, 0.1) is 26.2 Å². The van der Waals surface area contributed by atoms with Gasteiger partial charge in [-0.05, 0) is 70.0 Å². The monoisotopic (exact) mass is 247 g/mol. The average molecular weight is 247 g/mol. The summed E-state index contributed by atoms with van der Waals surface area (Å²) in [5, 5.41) is 9.73. The Morgan fingerprint density at radius 2 is 1.78 bits per heavy atom. The van der Waals surface area contributed by atoms with Gasteiger partial charge < -0.3 is 10.0 Å². The van der Waals surface area contributed by atoms with Gasteiger partial charge in [0.25, 0.3) is 0 Å². The molecule has 2 rings (SSSR count). The number of hydrogen-bond donors (Lipinski definition) is 1. The maximum Gasteiger partial charge on any atom is 0.0505 e. The molecular weight excluding hydrogens is 222 g/mol. The molecule has 1 aromatic rings. The fourth-order valence-electron chi connectivity index (χ4n) is 3.11. The summed E-state index contributed by atoms with van der Waals surface area (Å²) in [6, 6.07) is 4.79. The molecule has 0 bridgehead atoms. The van der Waals surface area contributed by atoms with Crippen molar-refractivity contribution in [3.63, 3.8) is 0 Å². The first kappa shape index (κ1) is 13.6. The molecule has 18 heavy (non-hydrogen) atoms. The summed E-state index contributed by atoms with van der Waals surface area (Å²) in [5.41, 5.74) is 5.59. The van der Waals surface area contributed by atoms with Gasteiger partial charge in [0.15, 0.2) is 0 Å². The molecule has 0 radical (unpaired) electrons. The zero-order chi connectivity index (χ0) is 13.5. The highest BCUT2D eigenvalue weighted by molar-refractivity contribution is 5.41. The highest BCUT2D eigenvalue weighted by atomic mass is 16.3. The van der Waals surface area contributed by atoms with Crippen molar-refractivity contribution >= 4 is 0 Å². The molecule has 1 fully saturated rings. The van der Waals surface area contributed by atoms with Crippen LogP contribution in [-0.4, -0.2) is 30.7 Å². The van der Waals surface area contributed by atoms with Gasteiger partial charge >= 0.3 is 0 Å². The molecule has 0 aliphatic heterocycles. The van der Waals surface area contributed by atoms with Gasteiger partial charge in [0.2, 0.25) is 0 Å². The summed E-state index contributed by atoms with van der Waals surface area (Å²) in [6.07, 6.45) is 2.28. The van der Waals surface area contributed by atoms with Crippen LogP contribution < -0.4 is 0 Å². The van der Waals surface area contributed by atoms with E-state index in [-0.39, 0.29) is 5.41 Å². The first-order valence-corrected chi connectivity index (χ1v) is 6.77. The Morgan fingerprint density at radius 3 is 2.22 bits per heavy atom. The number of aryl methyl sites for hydroxylation is 1. The molecule has 0 amide bonds. The fourth-order valence-corrected chi connectivity index (χ4v) is 3.11. The third-order valence-electron chi connectivity index (χ3n) is 4.70. The van der Waals surface area contributed by atoms with Crippen LogP contribution in [0.2, 0.25) is 0 Å². The summed E-state index contributed by atoms with van der Waals surface area (Å²) in [5.74, 6) is 0. The van der Waals surface area contributed by atoms with Gasteiger partial charge in [0.1, 0.15) is 0 Å². The molecule has 1 aliphatic carbocycles. The minimum atomic E-state index is 0.0932. The molecule has 0 heterocycles. The van der Waals surface area contributed by atoms with E-state index >= 15 is 0 Å². The van der Waals surface area contributed by atoms with Crippen LogP contribution in [0.4, 0.5) is 0 Å². The Morgan fingerprint density at radius 1 is 1.17 bits per heavy atom. The van der Waals surface area contributed by atoms with E-state index in [0.29, 0.717) is 12.6 Å². The van der Waals surface area contributed by atoms with Crippen LogP contribution >= 0.6 is 0 Å². The van der Waals surface area contributed by atoms with E-state index in [1.165, 1.54) is 22.3 Å². The number of aliphatic hydroxyl groups excluding tert-OH is 1. The molecule has 2 nitrogen and oxygen atoms in total. The molecule has 100 valence electrons. The smallest absolute Gasteiger partial charge is 0.0505 e. The lowest BCUT2D eigenvalue weighted by Gasteiger charge is -2.33. The molecule has 1 saturated carbocycles. The highest BCUT2D eigenvalue weighted by Gasteiger charge is 2.50. The Labute approximate surface area is 111 Å². The zero-order valence-corrected chi connectivity index (χ0v) is 12.2. The highest BCUT2D eigenvalue weighted by Crippen LogP contribution is 2.56. The molecule has 0 aromatic heterocycles. The largest absolute Gasteiger partial charge is 0.396 e. The Balaban J connectivity index is 2.48. The van der Waals surface area contributed by atoms with E-state index in [4.69, 9.17) is 0 Å². The van der Waals surface area contributed by atoms with Crippen molar-refractivity contribution in [2.45, 2.75) is 39.7 Å². The van der Waals surface area contributed by atoms with Crippen molar-refractivity contribution in [3.8, 4) is 0 Å². The Bertz CT molecular complexity index is 447. The second kappa shape index (κ2) is 4.67. The molecule has 1 aliphatic rings. The predicted molar refractivity (Wildman–Crippen MR) is 75.8 cm³/mol. The number of aliphatic hydroxyl groups is 1. The van der Waals surface area contributed by atoms with E-state index < -0.39 is 0 Å². The molecular formula is C16H25NO. The van der Waals surface area contributed by atoms with Crippen LogP contribution in [0.3, 0.4) is 0 Å². The maximum absolute atomic E-state index is 9.73. The molecule has 0 spiro atoms. The predicted octanol–water partition coefficient (Wildman–Crippen LogP) is 2.99. The summed E-state index contributed by atoms with van der Waals surface area (Å²) in [7, 11) is 4.24. The third-order valence-corrected chi connectivity index (χ3v) is 4.70. The normalized spacial score (nSPS) is 19.1. The standard InChI is InChI=1S/C16H25NO/c1-11-6-7-14(13(3)12(11)2)15(17(4)5)16(10-18)8-9-16/h6-7,15,18H,8-10H2,1-5H3. The number of benzene rings is 1. The van der Waals surface area contributed by atoms with Crippen LogP contribution in [0.25, 0.3) is 0 Å². The quantitative estimate of drug-likeness (QED) is 0.884. The van der Waals surface area contributed by atoms with Crippen molar-refractivity contribution in [1.82, 2.24) is 4.90 Å². The third kappa shape index (κ3) is 2.08. The van der Waals surface area contributed by atoms with Crippen molar-refractivity contribution in [1.29, 1.82) is 0 Å². The second-order valence-electron chi connectivity index (χ2n) is 6.11. The lowest BCUT2D eigenvalue weighted by atomic mass is 9.85. The van der Waals surface area contributed by atoms with Crippen LogP contribution in [0.15, 0.2) is 12.1 Å². The Kier molecular flexibility index (Phi) is 3.52. The van der Waals surface area contributed by atoms with Crippen LogP contribution in [0.1, 0.15) is 41.1 Å². The molecule has 1 atom stereocenters. The summed E-state index contributed by atoms with van der Waals surface area (Å²) in [4.78, 5) is 2.26. The van der Waals surface area contributed by atoms with Gasteiger partial charge in [-0.1, -0.05) is 12.1 Å². The average Bonchev–Trinajstić information content (AvgIpc) is 3.10. The van der Waals surface area contributed by atoms with Crippen LogP contribution in [0.5, 0.6) is 0 Å². The van der Waals surface area contributed by atoms with Gasteiger partial charge in [-0.2, -0.15) is 0 Å². The van der Waals surface area contributed by atoms with Gasteiger partial charge in [0, 0.05) is 11.5 Å². The van der Waals surface area contributed by atoms with Crippen molar-refractivity contribution in [3.05, 3.63) is 34.4 Å². The number of rotatable bonds is 4. The van der Waals surface area contributed by atoms with E-state index in [2.05, 4.69) is 51.9 Å². The van der Waals surface area contributed by atoms with Crippen LogP contribution in [-0.2, 0) is 0 Å². The maximum atomic E-state index is 9.73. The van der Waals surface area contributed by atoms with Crippen molar-refractivity contribution in [2.24, 2.45) is 5.41 Å². The van der Waals surface area contributed by atoms with E-state index in [1.807, 2.05) is 0 Å². The van der Waals surface area contributed by atoms with Gasteiger partial charge in [-0.15, -0.1) is 0 Å². The summed E-state index contributed by atoms with van der Waals surface area (Å²) >= 11 is 0. The number of hydrogen-bond acceptors (Lipinski definition) is 2. The summed E-state index contributed by atoms with van der Waals surface area (Å²) in [6.45, 7) is 6.86. The van der Waals surface area contributed by atoms with Crippen molar-refractivity contribution < 1.29 is 5.11 Å². The minimum absolute atomic E-state index is 0.0932. The molecule has 1 aromatic carbocycles. The fraction of sp³-hybridized carbons (Fsp3) is 0.625. The SMILES string of the molecule is Cc1ccc(C(N(C)C)C2(CO)CC2)c(C)c1C. The zero-order valence-electron chi connectivity index (χ0n) is 12.2. The molecule has 1 unspecified atom stereocenters. The van der Waals surface area contributed by atoms with Gasteiger partial charge in [-0.3, -0.25) is 0 Å². The topological polar surface area (TPSA) is 23.5 Å². The molecule has 0 saturated heterocycles. The molecule has 2 heteroatoms. The second-order valence-corrected chi connectivity index (χ2v) is 6.11. The first-order valence-electron chi connectivity index (χ1n) is 6.77. The number of nitrogens with zero attached hydrogens (tertiary/aromatic N) is 1. The lowest BCUT2D eigenvalue weighted by molar-refractivity contribution is 0.115. The lowest BCUT2D eigenvalue weighted by Crippen LogP contribution is -2.31. The van der Waals surface area contributed by atoms with E-state index in [1.54, 1.807) is 0 Å². The first-order chi connectivity index (χ1) is 8.43. The van der Waals surface area contributed by atoms with E-state index in [0.717, 1.165) is 12.8 Å². The summed E-state index contributed by atoms with van der Waals surface area (Å²) < 4.78 is 0.